The third kappa shape index (κ3) is 5.05. The number of hydrogen-bond donors (Lipinski definition) is 0. The van der Waals surface area contributed by atoms with Crippen molar-refractivity contribution in [3.8, 4) is 0 Å². The van der Waals surface area contributed by atoms with Gasteiger partial charge in [0.25, 0.3) is 0 Å². The number of nitrogens with zero attached hydrogens (tertiary/aromatic N) is 5. The lowest BCUT2D eigenvalue weighted by Crippen LogP contribution is -2.51. The van der Waals surface area contributed by atoms with Gasteiger partial charge in [-0.1, -0.05) is 48.5 Å². The molecule has 1 saturated heterocycles. The van der Waals surface area contributed by atoms with E-state index in [9.17, 15) is 0 Å². The van der Waals surface area contributed by atoms with Crippen LogP contribution in [0.15, 0.2) is 89.2 Å². The predicted molar refractivity (Wildman–Crippen MR) is 130 cm³/mol. The quantitative estimate of drug-likeness (QED) is 0.448. The van der Waals surface area contributed by atoms with E-state index in [2.05, 4.69) is 61.4 Å². The molecule has 3 aromatic rings. The van der Waals surface area contributed by atoms with E-state index < -0.39 is 0 Å². The summed E-state index contributed by atoms with van der Waals surface area (Å²) in [6, 6.07) is 25.6. The third-order valence-electron chi connectivity index (χ3n) is 6.92. The largest absolute Gasteiger partial charge is 0.368 e. The van der Waals surface area contributed by atoms with E-state index in [1.165, 1.54) is 36.9 Å². The molecule has 2 aromatic carbocycles. The maximum Gasteiger partial charge on any atom is 0.174 e. The second-order valence-corrected chi connectivity index (χ2v) is 8.85. The summed E-state index contributed by atoms with van der Waals surface area (Å²) in [6.07, 6.45) is 7.21. The maximum absolute atomic E-state index is 4.50. The minimum absolute atomic E-state index is 0.645. The highest BCUT2D eigenvalue weighted by Gasteiger charge is 2.28. The Labute approximate surface area is 190 Å². The molecule has 1 aliphatic carbocycles. The number of anilines is 1. The molecule has 0 N–H and O–H groups in total. The zero-order chi connectivity index (χ0) is 21.6. The number of piperazine rings is 1. The van der Waals surface area contributed by atoms with Gasteiger partial charge < -0.3 is 4.90 Å². The zero-order valence-corrected chi connectivity index (χ0v) is 18.6. The Morgan fingerprint density at radius 2 is 1.38 bits per heavy atom. The Bertz CT molecular complexity index is 987. The second kappa shape index (κ2) is 10.0. The molecule has 164 valence electrons. The molecule has 32 heavy (non-hydrogen) atoms. The van der Waals surface area contributed by atoms with Crippen molar-refractivity contribution in [2.45, 2.75) is 37.6 Å². The smallest absolute Gasteiger partial charge is 0.174 e. The molecule has 1 saturated carbocycles. The van der Waals surface area contributed by atoms with Crippen LogP contribution in [0.4, 0.5) is 17.2 Å². The molecule has 0 bridgehead atoms. The van der Waals surface area contributed by atoms with Gasteiger partial charge in [0.2, 0.25) is 0 Å². The number of hydrogen-bond acceptors (Lipinski definition) is 5. The molecule has 0 amide bonds. The lowest BCUT2D eigenvalue weighted by atomic mass is 9.81. The normalized spacial score (nSPS) is 22.3. The van der Waals surface area contributed by atoms with Crippen LogP contribution in [0.25, 0.3) is 0 Å². The van der Waals surface area contributed by atoms with Gasteiger partial charge >= 0.3 is 0 Å². The van der Waals surface area contributed by atoms with E-state index in [4.69, 9.17) is 0 Å². The molecule has 0 spiro atoms. The van der Waals surface area contributed by atoms with Crippen molar-refractivity contribution >= 4 is 17.2 Å². The number of rotatable bonds is 5. The minimum Gasteiger partial charge on any atom is -0.368 e. The summed E-state index contributed by atoms with van der Waals surface area (Å²) in [5, 5.41) is 8.50. The predicted octanol–water partition coefficient (Wildman–Crippen LogP) is 6.35. The molecule has 0 atom stereocenters. The van der Waals surface area contributed by atoms with E-state index in [0.29, 0.717) is 5.82 Å². The van der Waals surface area contributed by atoms with Crippen molar-refractivity contribution in [1.29, 1.82) is 0 Å². The number of aromatic nitrogens is 1. The van der Waals surface area contributed by atoms with Gasteiger partial charge in [0.15, 0.2) is 5.82 Å². The van der Waals surface area contributed by atoms with Gasteiger partial charge in [0.05, 0.1) is 17.6 Å². The monoisotopic (exact) mass is 425 g/mol. The molecule has 5 nitrogen and oxygen atoms in total. The molecule has 5 rings (SSSR count). The Hall–Kier alpha value is -3.05. The standard InChI is InChI=1S/C27H31N5/c1-3-7-22(8-4-1)23-11-13-25(14-12-23)31-17-19-32(20-18-31)26-15-16-27(28-21-26)30-29-24-9-5-2-6-10-24/h1-10,15-16,21,23,25H,11-14,17-20H2. The summed E-state index contributed by atoms with van der Waals surface area (Å²) < 4.78 is 0. The average Bonchev–Trinajstić information content (AvgIpc) is 2.89. The first kappa shape index (κ1) is 20.8. The van der Waals surface area contributed by atoms with Crippen LogP contribution >= 0.6 is 0 Å². The van der Waals surface area contributed by atoms with Crippen LogP contribution in [-0.2, 0) is 0 Å². The SMILES string of the molecule is c1ccc(N=Nc2ccc(N3CCN(C4CCC(c5ccccc5)CC4)CC3)cn2)cc1. The Balaban J connectivity index is 1.11. The van der Waals surface area contributed by atoms with E-state index >= 15 is 0 Å². The molecule has 1 aliphatic heterocycles. The fraction of sp³-hybridized carbons (Fsp3) is 0.370. The van der Waals surface area contributed by atoms with Crippen LogP contribution in [0.5, 0.6) is 0 Å². The van der Waals surface area contributed by atoms with E-state index in [1.54, 1.807) is 0 Å². The molecule has 2 heterocycles. The Morgan fingerprint density at radius 3 is 2.03 bits per heavy atom. The molecular formula is C27H31N5. The molecule has 0 unspecified atom stereocenters. The van der Waals surface area contributed by atoms with Gasteiger partial charge in [-0.3, -0.25) is 4.90 Å². The van der Waals surface area contributed by atoms with E-state index in [1.807, 2.05) is 42.6 Å². The van der Waals surface area contributed by atoms with Crippen molar-refractivity contribution in [2.75, 3.05) is 31.1 Å². The van der Waals surface area contributed by atoms with Crippen molar-refractivity contribution in [2.24, 2.45) is 10.2 Å². The third-order valence-corrected chi connectivity index (χ3v) is 6.92. The van der Waals surface area contributed by atoms with Crippen molar-refractivity contribution < 1.29 is 0 Å². The zero-order valence-electron chi connectivity index (χ0n) is 18.6. The number of pyridine rings is 1. The van der Waals surface area contributed by atoms with E-state index in [0.717, 1.165) is 43.8 Å². The molecule has 0 radical (unpaired) electrons. The van der Waals surface area contributed by atoms with Crippen molar-refractivity contribution in [3.63, 3.8) is 0 Å². The molecular weight excluding hydrogens is 394 g/mol. The average molecular weight is 426 g/mol. The first-order valence-electron chi connectivity index (χ1n) is 11.8. The van der Waals surface area contributed by atoms with Crippen molar-refractivity contribution in [3.05, 3.63) is 84.6 Å². The lowest BCUT2D eigenvalue weighted by molar-refractivity contribution is 0.141. The van der Waals surface area contributed by atoms with Crippen LogP contribution < -0.4 is 4.90 Å². The fourth-order valence-corrected chi connectivity index (χ4v) is 5.07. The van der Waals surface area contributed by atoms with E-state index in [-0.39, 0.29) is 0 Å². The van der Waals surface area contributed by atoms with Gasteiger partial charge in [-0.05, 0) is 61.4 Å². The fourth-order valence-electron chi connectivity index (χ4n) is 5.07. The first-order chi connectivity index (χ1) is 15.8. The highest BCUT2D eigenvalue weighted by atomic mass is 15.3. The van der Waals surface area contributed by atoms with Crippen LogP contribution in [0, 0.1) is 0 Å². The summed E-state index contributed by atoms with van der Waals surface area (Å²) >= 11 is 0. The number of benzene rings is 2. The molecule has 2 fully saturated rings. The number of azo groups is 1. The van der Waals surface area contributed by atoms with Gasteiger partial charge in [0.1, 0.15) is 0 Å². The van der Waals surface area contributed by atoms with Crippen LogP contribution in [0.3, 0.4) is 0 Å². The van der Waals surface area contributed by atoms with Gasteiger partial charge in [-0.2, -0.15) is 0 Å². The summed E-state index contributed by atoms with van der Waals surface area (Å²) in [6.45, 7) is 4.39. The highest BCUT2D eigenvalue weighted by Crippen LogP contribution is 2.35. The second-order valence-electron chi connectivity index (χ2n) is 8.85. The Kier molecular flexibility index (Phi) is 6.54. The molecule has 1 aromatic heterocycles. The van der Waals surface area contributed by atoms with Crippen LogP contribution in [-0.4, -0.2) is 42.1 Å². The first-order valence-corrected chi connectivity index (χ1v) is 11.8. The van der Waals surface area contributed by atoms with Gasteiger partial charge in [0, 0.05) is 32.2 Å². The summed E-state index contributed by atoms with van der Waals surface area (Å²) in [5.41, 5.74) is 3.54. The van der Waals surface area contributed by atoms with Crippen LogP contribution in [0.1, 0.15) is 37.2 Å². The summed E-state index contributed by atoms with van der Waals surface area (Å²) in [5.74, 6) is 1.39. The topological polar surface area (TPSA) is 44.1 Å². The summed E-state index contributed by atoms with van der Waals surface area (Å²) in [7, 11) is 0. The minimum atomic E-state index is 0.645. The maximum atomic E-state index is 4.50. The highest BCUT2D eigenvalue weighted by molar-refractivity contribution is 5.48. The van der Waals surface area contributed by atoms with Crippen molar-refractivity contribution in [1.82, 2.24) is 9.88 Å². The summed E-state index contributed by atoms with van der Waals surface area (Å²) in [4.78, 5) is 9.66. The molecule has 5 heteroatoms. The van der Waals surface area contributed by atoms with Crippen LogP contribution in [0.2, 0.25) is 0 Å². The Morgan fingerprint density at radius 1 is 0.688 bits per heavy atom. The van der Waals surface area contributed by atoms with Gasteiger partial charge in [-0.15, -0.1) is 10.2 Å². The van der Waals surface area contributed by atoms with Gasteiger partial charge in [-0.25, -0.2) is 4.98 Å². The lowest BCUT2D eigenvalue weighted by Gasteiger charge is -2.42. The molecule has 2 aliphatic rings.